The molecule has 2 aromatic rings. The van der Waals surface area contributed by atoms with Gasteiger partial charge in [0.05, 0.1) is 0 Å². The summed E-state index contributed by atoms with van der Waals surface area (Å²) in [7, 11) is 0. The van der Waals surface area contributed by atoms with Crippen molar-refractivity contribution >= 4 is 5.57 Å². The number of fused-ring (bicyclic) bond motifs is 8. The molecule has 6 aliphatic carbocycles. The summed E-state index contributed by atoms with van der Waals surface area (Å²) in [6.07, 6.45) is 28.7. The van der Waals surface area contributed by atoms with Gasteiger partial charge in [0.25, 0.3) is 0 Å². The molecule has 8 rings (SSSR count). The maximum atomic E-state index is 2.74. The van der Waals surface area contributed by atoms with Crippen LogP contribution in [0.4, 0.5) is 0 Å². The monoisotopic (exact) mass is 829 g/mol. The Morgan fingerprint density at radius 2 is 1.11 bits per heavy atom. The summed E-state index contributed by atoms with van der Waals surface area (Å²) in [4.78, 5) is 0. The molecule has 0 amide bonds. The molecule has 0 radical (unpaired) electrons. The molecule has 3 heteroatoms. The van der Waals surface area contributed by atoms with E-state index in [-0.39, 0.29) is 68.1 Å². The van der Waals surface area contributed by atoms with Crippen LogP contribution in [0.15, 0.2) is 161 Å². The van der Waals surface area contributed by atoms with Crippen molar-refractivity contribution in [3.63, 3.8) is 0 Å². The number of halogens is 2. The third-order valence-electron chi connectivity index (χ3n) is 16.9. The number of rotatable bonds is 3. The van der Waals surface area contributed by atoms with Crippen LogP contribution < -0.4 is 24.8 Å². The van der Waals surface area contributed by atoms with Gasteiger partial charge in [-0.3, -0.25) is 0 Å². The smallest absolute Gasteiger partial charge is 1.00 e. The van der Waals surface area contributed by atoms with E-state index in [1.54, 1.807) is 35.9 Å². The van der Waals surface area contributed by atoms with Crippen molar-refractivity contribution in [1.29, 1.82) is 0 Å². The first-order valence-corrected chi connectivity index (χ1v) is 21.0. The molecule has 279 valence electrons. The molecule has 0 aliphatic heterocycles. The van der Waals surface area contributed by atoms with E-state index in [4.69, 9.17) is 0 Å². The predicted molar refractivity (Wildman–Crippen MR) is 217 cm³/mol. The first kappa shape index (κ1) is 41.2. The molecule has 0 saturated heterocycles. The molecule has 0 heterocycles. The van der Waals surface area contributed by atoms with Gasteiger partial charge >= 0.3 is 332 Å². The minimum Gasteiger partial charge on any atom is -1.00 e. The fraction of sp³-hybridized carbons (Fsp3) is 0.412. The van der Waals surface area contributed by atoms with Crippen molar-refractivity contribution in [3.8, 4) is 0 Å². The van der Waals surface area contributed by atoms with Crippen LogP contribution in [-0.2, 0) is 24.7 Å². The third-order valence-corrected chi connectivity index (χ3v) is 19.1. The van der Waals surface area contributed by atoms with Crippen LogP contribution in [0.3, 0.4) is 0 Å². The van der Waals surface area contributed by atoms with Gasteiger partial charge in [-0.2, -0.15) is 0 Å². The van der Waals surface area contributed by atoms with Crippen LogP contribution >= 0.6 is 0 Å². The molecule has 2 saturated carbocycles. The largest absolute Gasteiger partial charge is 1.00 e. The van der Waals surface area contributed by atoms with Crippen molar-refractivity contribution in [2.75, 3.05) is 0 Å². The normalized spacial score (nSPS) is 38.6. The second-order valence-corrected chi connectivity index (χ2v) is 20.5. The summed E-state index contributed by atoms with van der Waals surface area (Å²) < 4.78 is 0.413. The average molecular weight is 832 g/mol. The van der Waals surface area contributed by atoms with Gasteiger partial charge in [0.2, 0.25) is 0 Å². The zero-order chi connectivity index (χ0) is 37.3. The van der Waals surface area contributed by atoms with Crippen LogP contribution in [0.2, 0.25) is 3.63 Å². The molecule has 8 atom stereocenters. The van der Waals surface area contributed by atoms with E-state index in [1.165, 1.54) is 39.0 Å². The zero-order valence-corrected chi connectivity index (χ0v) is 38.1. The molecule has 2 aromatic carbocycles. The average Bonchev–Trinajstić information content (AvgIpc) is 3.67. The van der Waals surface area contributed by atoms with Crippen LogP contribution in [0.1, 0.15) is 93.7 Å². The van der Waals surface area contributed by atoms with Gasteiger partial charge in [0.1, 0.15) is 0 Å². The van der Waals surface area contributed by atoms with E-state index in [2.05, 4.69) is 204 Å². The second kappa shape index (κ2) is 13.0. The fourth-order valence-electron chi connectivity index (χ4n) is 13.1. The molecule has 8 unspecified atom stereocenters. The Kier molecular flexibility index (Phi) is 9.96. The number of hydrogen-bond acceptors (Lipinski definition) is 0. The van der Waals surface area contributed by atoms with E-state index in [1.807, 2.05) is 0 Å². The summed E-state index contributed by atoms with van der Waals surface area (Å²) in [5.41, 5.74) is 12.2. The van der Waals surface area contributed by atoms with E-state index in [9.17, 15) is 0 Å². The molecule has 6 aliphatic rings. The second-order valence-electron chi connectivity index (χ2n) is 19.0. The van der Waals surface area contributed by atoms with E-state index < -0.39 is 0 Å². The summed E-state index contributed by atoms with van der Waals surface area (Å²) in [6.45, 7) is 28.2. The van der Waals surface area contributed by atoms with Crippen LogP contribution in [0.25, 0.3) is 5.57 Å². The van der Waals surface area contributed by atoms with Gasteiger partial charge in [-0.25, -0.2) is 0 Å². The fourth-order valence-corrected chi connectivity index (χ4v) is 15.5. The summed E-state index contributed by atoms with van der Waals surface area (Å²) in [6, 6.07) is 22.4. The van der Waals surface area contributed by atoms with Gasteiger partial charge in [0.15, 0.2) is 0 Å². The molecule has 54 heavy (non-hydrogen) atoms. The minimum atomic E-state index is -0.191. The maximum absolute atomic E-state index is 2.74. The van der Waals surface area contributed by atoms with Gasteiger partial charge in [-0.15, -0.1) is 0 Å². The predicted octanol–water partition coefficient (Wildman–Crippen LogP) is 7.71. The quantitative estimate of drug-likeness (QED) is 0.298. The molecule has 0 nitrogen and oxygen atoms in total. The Bertz CT molecular complexity index is 2130. The molecule has 0 bridgehead atoms. The van der Waals surface area contributed by atoms with Gasteiger partial charge in [-0.05, 0) is 0 Å². The number of allylic oxidation sites excluding steroid dienone is 17. The standard InChI is InChI=1S/C51H57.2ClH.Zr/c1-35-42(38-26-27-39(32-38)44(2,3)4)41(43(36-22-14-12-15-23-36)37-24-16-13-17-25-37)33-40-34-49(9)47(7)30-19-18-28-45(47,5)46(6)29-20-21-31-48(46,8)51(49,11)50(35,40)10;;;/h12-25,27-34H,26H2,1-11H3;2*1H;/q;;;+2/p-2. The van der Waals surface area contributed by atoms with Crippen molar-refractivity contribution in [2.24, 2.45) is 43.3 Å². The van der Waals surface area contributed by atoms with Crippen LogP contribution in [-0.4, -0.2) is 0 Å². The van der Waals surface area contributed by atoms with Crippen molar-refractivity contribution in [3.05, 3.63) is 172 Å². The van der Waals surface area contributed by atoms with Crippen LogP contribution in [0, 0.1) is 43.3 Å². The zero-order valence-electron chi connectivity index (χ0n) is 34.2. The first-order valence-electron chi connectivity index (χ1n) is 19.5. The molecular weight excluding hydrogens is 775 g/mol. The number of hydrogen-bond donors (Lipinski definition) is 0. The Morgan fingerprint density at radius 1 is 0.648 bits per heavy atom. The molecule has 0 N–H and O–H groups in total. The molecule has 0 aromatic heterocycles. The Hall–Kier alpha value is -2.44. The topological polar surface area (TPSA) is 0 Å². The summed E-state index contributed by atoms with van der Waals surface area (Å²) in [5.74, 6) is 0. The SMILES string of the molecule is CC1=C(C2=CC(C(C)(C)C)=CC2)C(=C(c2ccccc2)c2ccccc2)C=C2[CH]([Zr+2])C3(C)C4(C)C=CC=CC4(C)C4(C)C=CC=CC4(C)C3(C)C21C.[Cl-].[Cl-]. The molecule has 0 spiro atoms. The minimum absolute atomic E-state index is 0. The summed E-state index contributed by atoms with van der Waals surface area (Å²) >= 11 is 1.61. The van der Waals surface area contributed by atoms with Gasteiger partial charge in [-0.1, -0.05) is 0 Å². The molecular formula is C51H57Cl2Zr. The Balaban J connectivity index is 0.00000249. The number of benzene rings is 2. The van der Waals surface area contributed by atoms with Gasteiger partial charge in [0, 0.05) is 0 Å². The van der Waals surface area contributed by atoms with E-state index in [0.717, 1.165) is 6.42 Å². The van der Waals surface area contributed by atoms with Crippen LogP contribution in [0.5, 0.6) is 0 Å². The van der Waals surface area contributed by atoms with E-state index in [0.29, 0.717) is 3.63 Å². The van der Waals surface area contributed by atoms with Crippen molar-refractivity contribution < 1.29 is 49.5 Å². The first-order chi connectivity index (χ1) is 24.4. The van der Waals surface area contributed by atoms with E-state index >= 15 is 0 Å². The summed E-state index contributed by atoms with van der Waals surface area (Å²) in [5, 5.41) is 0. The Labute approximate surface area is 354 Å². The van der Waals surface area contributed by atoms with Crippen molar-refractivity contribution in [1.82, 2.24) is 0 Å². The Morgan fingerprint density at radius 3 is 1.59 bits per heavy atom. The van der Waals surface area contributed by atoms with Crippen molar-refractivity contribution in [2.45, 2.75) is 86.2 Å². The van der Waals surface area contributed by atoms with Gasteiger partial charge < -0.3 is 24.8 Å². The third kappa shape index (κ3) is 4.59. The molecule has 2 fully saturated rings. The maximum Gasteiger partial charge on any atom is -1.00 e.